The molecule has 0 spiro atoms. The lowest BCUT2D eigenvalue weighted by molar-refractivity contribution is 0.395. The second-order valence-electron chi connectivity index (χ2n) is 4.62. The average molecular weight is 313 g/mol. The van der Waals surface area contributed by atoms with Crippen molar-refractivity contribution >= 4 is 17.6 Å². The van der Waals surface area contributed by atoms with Crippen molar-refractivity contribution in [3.63, 3.8) is 0 Å². The Bertz CT molecular complexity index is 735. The van der Waals surface area contributed by atoms with E-state index < -0.39 is 0 Å². The van der Waals surface area contributed by atoms with E-state index in [1.54, 1.807) is 14.2 Å². The number of nitrogens with zero attached hydrogens (tertiary/aromatic N) is 2. The lowest BCUT2D eigenvalue weighted by atomic mass is 10.0. The molecule has 0 aliphatic heterocycles. The summed E-state index contributed by atoms with van der Waals surface area (Å²) >= 11 is 0. The topological polar surface area (TPSA) is 121 Å². The third-order valence-corrected chi connectivity index (χ3v) is 3.07. The molecular formula is C16H19N5O2. The van der Waals surface area contributed by atoms with Crippen molar-refractivity contribution in [2.45, 2.75) is 0 Å². The van der Waals surface area contributed by atoms with Crippen LogP contribution in [0.2, 0.25) is 0 Å². The van der Waals surface area contributed by atoms with Crippen molar-refractivity contribution < 1.29 is 9.47 Å². The summed E-state index contributed by atoms with van der Waals surface area (Å²) < 4.78 is 10.6. The van der Waals surface area contributed by atoms with Gasteiger partial charge in [-0.05, 0) is 29.8 Å². The maximum Gasteiger partial charge on any atom is 0.223 e. The lowest BCUT2D eigenvalue weighted by Crippen LogP contribution is -2.26. The van der Waals surface area contributed by atoms with Gasteiger partial charge in [0.15, 0.2) is 5.96 Å². The molecule has 0 unspecified atom stereocenters. The molecule has 0 fully saturated rings. The molecule has 0 aromatic heterocycles. The molecule has 7 nitrogen and oxygen atoms in total. The first-order chi connectivity index (χ1) is 11.0. The van der Waals surface area contributed by atoms with Crippen LogP contribution in [-0.4, -0.2) is 26.1 Å². The summed E-state index contributed by atoms with van der Waals surface area (Å²) in [6, 6.07) is 13.1. The van der Waals surface area contributed by atoms with E-state index in [0.29, 0.717) is 5.69 Å². The highest BCUT2D eigenvalue weighted by Crippen LogP contribution is 2.33. The van der Waals surface area contributed by atoms with Gasteiger partial charge in [-0.1, -0.05) is 12.1 Å². The van der Waals surface area contributed by atoms with Crippen molar-refractivity contribution in [1.82, 2.24) is 0 Å². The molecule has 0 heterocycles. The summed E-state index contributed by atoms with van der Waals surface area (Å²) in [6.45, 7) is 0. The average Bonchev–Trinajstić information content (AvgIpc) is 2.54. The van der Waals surface area contributed by atoms with Crippen LogP contribution >= 0.6 is 0 Å². The number of aliphatic imine (C=N–C) groups is 2. The van der Waals surface area contributed by atoms with Gasteiger partial charge in [-0.15, -0.1) is 0 Å². The molecule has 0 bridgehead atoms. The maximum absolute atomic E-state index is 5.60. The van der Waals surface area contributed by atoms with Gasteiger partial charge in [0.1, 0.15) is 11.5 Å². The number of benzene rings is 2. The number of guanidine groups is 2. The number of methoxy groups -OCH3 is 2. The van der Waals surface area contributed by atoms with Gasteiger partial charge in [-0.25, -0.2) is 4.99 Å². The molecule has 7 heteroatoms. The van der Waals surface area contributed by atoms with E-state index in [4.69, 9.17) is 26.7 Å². The first-order valence-electron chi connectivity index (χ1n) is 6.79. The molecule has 0 aliphatic rings. The van der Waals surface area contributed by atoms with Crippen LogP contribution in [0.1, 0.15) is 0 Å². The predicted octanol–water partition coefficient (Wildman–Crippen LogP) is 1.59. The van der Waals surface area contributed by atoms with Gasteiger partial charge < -0.3 is 26.7 Å². The number of nitrogens with two attached hydrogens (primary N) is 3. The highest BCUT2D eigenvalue weighted by molar-refractivity contribution is 5.93. The van der Waals surface area contributed by atoms with Gasteiger partial charge in [-0.2, -0.15) is 4.99 Å². The minimum Gasteiger partial charge on any atom is -0.497 e. The first-order valence-corrected chi connectivity index (χ1v) is 6.79. The Morgan fingerprint density at radius 2 is 1.61 bits per heavy atom. The summed E-state index contributed by atoms with van der Waals surface area (Å²) in [5, 5.41) is 0. The highest BCUT2D eigenvalue weighted by atomic mass is 16.5. The maximum atomic E-state index is 5.60. The van der Waals surface area contributed by atoms with Crippen molar-refractivity contribution in [3.8, 4) is 22.6 Å². The second kappa shape index (κ2) is 7.17. The van der Waals surface area contributed by atoms with E-state index in [9.17, 15) is 0 Å². The Morgan fingerprint density at radius 1 is 0.913 bits per heavy atom. The monoisotopic (exact) mass is 313 g/mol. The molecule has 2 aromatic rings. The van der Waals surface area contributed by atoms with Crippen LogP contribution in [0, 0.1) is 0 Å². The van der Waals surface area contributed by atoms with Gasteiger partial charge in [0.25, 0.3) is 0 Å². The molecule has 0 radical (unpaired) electrons. The zero-order chi connectivity index (χ0) is 16.8. The summed E-state index contributed by atoms with van der Waals surface area (Å²) in [6.07, 6.45) is 0. The molecule has 2 rings (SSSR count). The summed E-state index contributed by atoms with van der Waals surface area (Å²) in [5.74, 6) is 1.32. The van der Waals surface area contributed by atoms with Gasteiger partial charge in [0.2, 0.25) is 5.96 Å². The van der Waals surface area contributed by atoms with E-state index in [2.05, 4.69) is 9.98 Å². The van der Waals surface area contributed by atoms with Crippen molar-refractivity contribution in [2.75, 3.05) is 14.2 Å². The van der Waals surface area contributed by atoms with E-state index in [1.807, 2.05) is 42.5 Å². The highest BCUT2D eigenvalue weighted by Gasteiger charge is 2.07. The molecular weight excluding hydrogens is 294 g/mol. The molecule has 0 aliphatic carbocycles. The molecule has 0 saturated carbocycles. The Balaban J connectivity index is 2.31. The normalized spacial score (nSPS) is 11.0. The van der Waals surface area contributed by atoms with Crippen LogP contribution in [0.5, 0.6) is 11.5 Å². The van der Waals surface area contributed by atoms with Crippen molar-refractivity contribution in [1.29, 1.82) is 0 Å². The van der Waals surface area contributed by atoms with E-state index in [-0.39, 0.29) is 11.9 Å². The van der Waals surface area contributed by atoms with Crippen LogP contribution in [0.3, 0.4) is 0 Å². The standard InChI is InChI=1S/C16H19N5O2/c1-22-12-7-8-13(14(9-12)23-2)10-3-5-11(6-4-10)20-16(19)21-15(17)18/h3-9H,1-2H3,(H6,17,18,19,20,21). The van der Waals surface area contributed by atoms with Crippen LogP contribution < -0.4 is 26.7 Å². The summed E-state index contributed by atoms with van der Waals surface area (Å²) in [7, 11) is 3.23. The lowest BCUT2D eigenvalue weighted by Gasteiger charge is -2.10. The third-order valence-electron chi connectivity index (χ3n) is 3.07. The van der Waals surface area contributed by atoms with Crippen molar-refractivity contribution in [3.05, 3.63) is 42.5 Å². The van der Waals surface area contributed by atoms with E-state index >= 15 is 0 Å². The zero-order valence-corrected chi connectivity index (χ0v) is 13.0. The van der Waals surface area contributed by atoms with E-state index in [1.165, 1.54) is 0 Å². The van der Waals surface area contributed by atoms with Crippen LogP contribution in [-0.2, 0) is 0 Å². The molecule has 120 valence electrons. The fraction of sp³-hybridized carbons (Fsp3) is 0.125. The SMILES string of the molecule is COc1ccc(-c2ccc(N=C(N)N=C(N)N)cc2)c(OC)c1. The summed E-state index contributed by atoms with van der Waals surface area (Å²) in [5.41, 5.74) is 18.7. The smallest absolute Gasteiger partial charge is 0.223 e. The third kappa shape index (κ3) is 4.13. The quantitative estimate of drug-likeness (QED) is 0.584. The number of hydrogen-bond donors (Lipinski definition) is 3. The van der Waals surface area contributed by atoms with E-state index in [0.717, 1.165) is 22.6 Å². The van der Waals surface area contributed by atoms with Gasteiger partial charge in [0, 0.05) is 11.6 Å². The fourth-order valence-electron chi connectivity index (χ4n) is 2.04. The zero-order valence-electron chi connectivity index (χ0n) is 13.0. The molecule has 2 aromatic carbocycles. The largest absolute Gasteiger partial charge is 0.497 e. The Labute approximate surface area is 134 Å². The van der Waals surface area contributed by atoms with Gasteiger partial charge >= 0.3 is 0 Å². The minimum atomic E-state index is -0.133. The first kappa shape index (κ1) is 16.2. The fourth-order valence-corrected chi connectivity index (χ4v) is 2.04. The van der Waals surface area contributed by atoms with Crippen LogP contribution in [0.4, 0.5) is 5.69 Å². The number of hydrogen-bond acceptors (Lipinski definition) is 3. The van der Waals surface area contributed by atoms with Crippen LogP contribution in [0.25, 0.3) is 11.1 Å². The van der Waals surface area contributed by atoms with Crippen LogP contribution in [0.15, 0.2) is 52.4 Å². The second-order valence-corrected chi connectivity index (χ2v) is 4.62. The molecule has 6 N–H and O–H groups in total. The molecule has 0 saturated heterocycles. The van der Waals surface area contributed by atoms with Gasteiger partial charge in [0.05, 0.1) is 19.9 Å². The Hall–Kier alpha value is -3.22. The minimum absolute atomic E-state index is 0.000206. The van der Waals surface area contributed by atoms with Crippen molar-refractivity contribution in [2.24, 2.45) is 27.2 Å². The Morgan fingerprint density at radius 3 is 2.17 bits per heavy atom. The predicted molar refractivity (Wildman–Crippen MR) is 92.1 cm³/mol. The number of rotatable bonds is 4. The molecule has 0 amide bonds. The molecule has 23 heavy (non-hydrogen) atoms. The Kier molecular flexibility index (Phi) is 5.03. The molecule has 0 atom stereocenters. The number of ether oxygens (including phenoxy) is 2. The van der Waals surface area contributed by atoms with Gasteiger partial charge in [-0.3, -0.25) is 0 Å². The summed E-state index contributed by atoms with van der Waals surface area (Å²) in [4.78, 5) is 7.77.